The second-order valence-corrected chi connectivity index (χ2v) is 6.33. The van der Waals surface area contributed by atoms with Crippen LogP contribution in [0.2, 0.25) is 5.02 Å². The van der Waals surface area contributed by atoms with E-state index in [1.807, 2.05) is 18.4 Å². The van der Waals surface area contributed by atoms with Gasteiger partial charge in [-0.2, -0.15) is 0 Å². The van der Waals surface area contributed by atoms with Crippen LogP contribution >= 0.6 is 23.4 Å². The number of piperazine rings is 1. The van der Waals surface area contributed by atoms with Crippen molar-refractivity contribution in [2.24, 2.45) is 0 Å². The molecule has 4 nitrogen and oxygen atoms in total. The zero-order chi connectivity index (χ0) is 15.1. The molecule has 21 heavy (non-hydrogen) atoms. The van der Waals surface area contributed by atoms with E-state index >= 15 is 0 Å². The molecule has 2 rings (SSSR count). The molecule has 0 atom stereocenters. The quantitative estimate of drug-likeness (QED) is 0.620. The zero-order valence-electron chi connectivity index (χ0n) is 12.3. The van der Waals surface area contributed by atoms with Gasteiger partial charge in [0.2, 0.25) is 0 Å². The maximum Gasteiger partial charge on any atom is 0.252 e. The Balaban J connectivity index is 1.76. The number of thioether (sulfide) groups is 1. The fourth-order valence-corrected chi connectivity index (χ4v) is 2.98. The largest absolute Gasteiger partial charge is 0.352 e. The van der Waals surface area contributed by atoms with Gasteiger partial charge in [0.05, 0.1) is 10.6 Å². The van der Waals surface area contributed by atoms with Gasteiger partial charge in [-0.3, -0.25) is 4.79 Å². The standard InChI is InChI=1S/C15H22ClN3OS/c1-21-12-3-4-14(16)13(11-12)15(20)18-5-2-8-19-9-6-17-7-10-19/h3-4,11,17H,2,5-10H2,1H3,(H,18,20). The summed E-state index contributed by atoms with van der Waals surface area (Å²) >= 11 is 7.70. The Bertz CT molecular complexity index is 478. The summed E-state index contributed by atoms with van der Waals surface area (Å²) in [5.74, 6) is -0.0868. The van der Waals surface area contributed by atoms with Crippen LogP contribution in [0, 0.1) is 0 Å². The van der Waals surface area contributed by atoms with Gasteiger partial charge in [0.1, 0.15) is 0 Å². The van der Waals surface area contributed by atoms with E-state index in [4.69, 9.17) is 11.6 Å². The monoisotopic (exact) mass is 327 g/mol. The van der Waals surface area contributed by atoms with E-state index in [-0.39, 0.29) is 5.91 Å². The van der Waals surface area contributed by atoms with Crippen LogP contribution in [-0.4, -0.2) is 56.3 Å². The number of amides is 1. The summed E-state index contributed by atoms with van der Waals surface area (Å²) in [4.78, 5) is 15.6. The average molecular weight is 328 g/mol. The Labute approximate surface area is 135 Å². The van der Waals surface area contributed by atoms with E-state index in [0.29, 0.717) is 17.1 Å². The number of halogens is 1. The molecular weight excluding hydrogens is 306 g/mol. The normalized spacial score (nSPS) is 15.9. The van der Waals surface area contributed by atoms with Gasteiger partial charge in [-0.05, 0) is 37.4 Å². The van der Waals surface area contributed by atoms with E-state index in [0.717, 1.165) is 44.0 Å². The van der Waals surface area contributed by atoms with E-state index in [9.17, 15) is 4.79 Å². The van der Waals surface area contributed by atoms with Crippen LogP contribution in [0.3, 0.4) is 0 Å². The van der Waals surface area contributed by atoms with Gasteiger partial charge in [0.25, 0.3) is 5.91 Å². The van der Waals surface area contributed by atoms with Crippen LogP contribution in [0.5, 0.6) is 0 Å². The van der Waals surface area contributed by atoms with Crippen molar-refractivity contribution in [1.82, 2.24) is 15.5 Å². The molecule has 0 aromatic heterocycles. The molecule has 1 heterocycles. The summed E-state index contributed by atoms with van der Waals surface area (Å²) in [6.45, 7) is 6.01. The molecule has 0 radical (unpaired) electrons. The van der Waals surface area contributed by atoms with Crippen molar-refractivity contribution in [1.29, 1.82) is 0 Å². The first-order valence-corrected chi connectivity index (χ1v) is 8.86. The van der Waals surface area contributed by atoms with Crippen LogP contribution in [0.4, 0.5) is 0 Å². The van der Waals surface area contributed by atoms with Gasteiger partial charge >= 0.3 is 0 Å². The van der Waals surface area contributed by atoms with Gasteiger partial charge in [-0.1, -0.05) is 11.6 Å². The van der Waals surface area contributed by atoms with Gasteiger partial charge in [-0.25, -0.2) is 0 Å². The van der Waals surface area contributed by atoms with Crippen LogP contribution in [0.15, 0.2) is 23.1 Å². The Morgan fingerprint density at radius 2 is 2.19 bits per heavy atom. The maximum absolute atomic E-state index is 12.2. The number of hydrogen-bond donors (Lipinski definition) is 2. The van der Waals surface area contributed by atoms with Crippen molar-refractivity contribution in [3.05, 3.63) is 28.8 Å². The summed E-state index contributed by atoms with van der Waals surface area (Å²) in [5.41, 5.74) is 0.561. The van der Waals surface area contributed by atoms with E-state index in [1.54, 1.807) is 17.8 Å². The number of hydrogen-bond acceptors (Lipinski definition) is 4. The van der Waals surface area contributed by atoms with Gasteiger partial charge in [0.15, 0.2) is 0 Å². The highest BCUT2D eigenvalue weighted by Gasteiger charge is 2.12. The molecule has 0 spiro atoms. The predicted molar refractivity (Wildman–Crippen MR) is 89.5 cm³/mol. The summed E-state index contributed by atoms with van der Waals surface area (Å²) < 4.78 is 0. The summed E-state index contributed by atoms with van der Waals surface area (Å²) in [5, 5.41) is 6.80. The zero-order valence-corrected chi connectivity index (χ0v) is 13.9. The Kier molecular flexibility index (Phi) is 6.83. The number of benzene rings is 1. The molecule has 0 aliphatic carbocycles. The lowest BCUT2D eigenvalue weighted by Crippen LogP contribution is -2.44. The van der Waals surface area contributed by atoms with Gasteiger partial charge in [0, 0.05) is 37.6 Å². The molecule has 1 saturated heterocycles. The lowest BCUT2D eigenvalue weighted by molar-refractivity contribution is 0.0951. The molecule has 1 aromatic carbocycles. The van der Waals surface area contributed by atoms with E-state index < -0.39 is 0 Å². The number of nitrogens with zero attached hydrogens (tertiary/aromatic N) is 1. The highest BCUT2D eigenvalue weighted by molar-refractivity contribution is 7.98. The predicted octanol–water partition coefficient (Wildman–Crippen LogP) is 2.09. The molecule has 116 valence electrons. The summed E-state index contributed by atoms with van der Waals surface area (Å²) in [6.07, 6.45) is 2.95. The lowest BCUT2D eigenvalue weighted by atomic mass is 10.2. The minimum absolute atomic E-state index is 0.0868. The van der Waals surface area contributed by atoms with Crippen molar-refractivity contribution in [3.8, 4) is 0 Å². The number of nitrogens with one attached hydrogen (secondary N) is 2. The molecule has 0 saturated carbocycles. The average Bonchev–Trinajstić information content (AvgIpc) is 2.53. The van der Waals surface area contributed by atoms with Crippen molar-refractivity contribution in [2.45, 2.75) is 11.3 Å². The molecule has 1 aliphatic rings. The maximum atomic E-state index is 12.2. The van der Waals surface area contributed by atoms with Gasteiger partial charge < -0.3 is 15.5 Å². The second-order valence-electron chi connectivity index (χ2n) is 5.05. The summed E-state index contributed by atoms with van der Waals surface area (Å²) in [6, 6.07) is 5.55. The van der Waals surface area contributed by atoms with Crippen molar-refractivity contribution in [3.63, 3.8) is 0 Å². The molecule has 1 aliphatic heterocycles. The van der Waals surface area contributed by atoms with Crippen molar-refractivity contribution in [2.75, 3.05) is 45.5 Å². The second kappa shape index (κ2) is 8.63. The Hall–Kier alpha value is -0.750. The van der Waals surface area contributed by atoms with Crippen molar-refractivity contribution >= 4 is 29.3 Å². The van der Waals surface area contributed by atoms with Crippen LogP contribution in [0.1, 0.15) is 16.8 Å². The third-order valence-corrected chi connectivity index (χ3v) is 4.62. The van der Waals surface area contributed by atoms with Gasteiger partial charge in [-0.15, -0.1) is 11.8 Å². The topological polar surface area (TPSA) is 44.4 Å². The molecule has 1 amide bonds. The van der Waals surface area contributed by atoms with E-state index in [1.165, 1.54) is 0 Å². The number of rotatable bonds is 6. The molecule has 2 N–H and O–H groups in total. The molecule has 1 fully saturated rings. The molecule has 6 heteroatoms. The molecule has 0 unspecified atom stereocenters. The first-order chi connectivity index (χ1) is 10.2. The number of carbonyl (C=O) groups is 1. The Morgan fingerprint density at radius 3 is 2.90 bits per heavy atom. The SMILES string of the molecule is CSc1ccc(Cl)c(C(=O)NCCCN2CCNCC2)c1. The molecule has 0 bridgehead atoms. The lowest BCUT2D eigenvalue weighted by Gasteiger charge is -2.27. The van der Waals surface area contributed by atoms with Crippen LogP contribution < -0.4 is 10.6 Å². The highest BCUT2D eigenvalue weighted by Crippen LogP contribution is 2.22. The molecular formula is C15H22ClN3OS. The summed E-state index contributed by atoms with van der Waals surface area (Å²) in [7, 11) is 0. The third-order valence-electron chi connectivity index (χ3n) is 3.56. The minimum atomic E-state index is -0.0868. The van der Waals surface area contributed by atoms with E-state index in [2.05, 4.69) is 15.5 Å². The Morgan fingerprint density at radius 1 is 1.43 bits per heavy atom. The first-order valence-electron chi connectivity index (χ1n) is 7.25. The fraction of sp³-hybridized carbons (Fsp3) is 0.533. The smallest absolute Gasteiger partial charge is 0.252 e. The van der Waals surface area contributed by atoms with Crippen LogP contribution in [-0.2, 0) is 0 Å². The highest BCUT2D eigenvalue weighted by atomic mass is 35.5. The van der Waals surface area contributed by atoms with Crippen LogP contribution in [0.25, 0.3) is 0 Å². The van der Waals surface area contributed by atoms with Crippen molar-refractivity contribution < 1.29 is 4.79 Å². The third kappa shape index (κ3) is 5.18. The minimum Gasteiger partial charge on any atom is -0.352 e. The number of carbonyl (C=O) groups excluding carboxylic acids is 1. The molecule has 1 aromatic rings. The first kappa shape index (κ1) is 16.6. The fourth-order valence-electron chi connectivity index (χ4n) is 2.34.